The van der Waals surface area contributed by atoms with Gasteiger partial charge in [0.1, 0.15) is 0 Å². The van der Waals surface area contributed by atoms with Gasteiger partial charge < -0.3 is 15.2 Å². The number of nitrogens with one attached hydrogen (secondary N) is 3. The van der Waals surface area contributed by atoms with E-state index in [0.717, 1.165) is 56.7 Å². The van der Waals surface area contributed by atoms with Crippen molar-refractivity contribution in [3.63, 3.8) is 0 Å². The Morgan fingerprint density at radius 2 is 1.78 bits per heavy atom. The van der Waals surface area contributed by atoms with Gasteiger partial charge in [-0.05, 0) is 48.9 Å². The largest absolute Gasteiger partial charge is 0.354 e. The number of amides is 1. The second kappa shape index (κ2) is 7.95. The van der Waals surface area contributed by atoms with Gasteiger partial charge in [0.25, 0.3) is 5.91 Å². The number of aromatic nitrogens is 3. The molecule has 2 aromatic heterocycles. The first-order chi connectivity index (χ1) is 15.8. The van der Waals surface area contributed by atoms with Crippen LogP contribution in [0.4, 0.5) is 0 Å². The Morgan fingerprint density at radius 3 is 2.62 bits per heavy atom. The first-order valence-electron chi connectivity index (χ1n) is 11.5. The number of likely N-dealkylation sites (tertiary alicyclic amines) is 1. The van der Waals surface area contributed by atoms with Crippen LogP contribution < -0.4 is 5.32 Å². The lowest BCUT2D eigenvalue weighted by Gasteiger charge is -2.32. The normalized spacial score (nSPS) is 16.9. The van der Waals surface area contributed by atoms with Crippen LogP contribution in [0.3, 0.4) is 0 Å². The summed E-state index contributed by atoms with van der Waals surface area (Å²) in [6, 6.07) is 19.1. The molecule has 0 spiro atoms. The molecule has 0 unspecified atom stereocenters. The van der Waals surface area contributed by atoms with Crippen LogP contribution >= 0.6 is 0 Å². The summed E-state index contributed by atoms with van der Waals surface area (Å²) in [5, 5.41) is 12.1. The quantitative estimate of drug-likeness (QED) is 0.460. The number of rotatable bonds is 3. The fourth-order valence-electron chi connectivity index (χ4n) is 5.36. The van der Waals surface area contributed by atoms with E-state index in [9.17, 15) is 4.79 Å². The highest BCUT2D eigenvalue weighted by Gasteiger charge is 2.31. The number of carbonyl (C=O) groups excluding carboxylic acids is 1. The summed E-state index contributed by atoms with van der Waals surface area (Å²) in [7, 11) is 0. The second-order valence-electron chi connectivity index (χ2n) is 8.85. The molecule has 0 atom stereocenters. The molecule has 2 aliphatic rings. The minimum atomic E-state index is 0.0741. The lowest BCUT2D eigenvalue weighted by atomic mass is 9.86. The van der Waals surface area contributed by atoms with E-state index >= 15 is 0 Å². The number of benzene rings is 2. The van der Waals surface area contributed by atoms with Crippen LogP contribution in [-0.2, 0) is 13.0 Å². The lowest BCUT2D eigenvalue weighted by Crippen LogP contribution is -2.39. The molecule has 0 bridgehead atoms. The zero-order valence-corrected chi connectivity index (χ0v) is 18.0. The Hall–Kier alpha value is -3.38. The van der Waals surface area contributed by atoms with Crippen molar-refractivity contribution in [1.29, 1.82) is 0 Å². The maximum atomic E-state index is 13.2. The van der Waals surface area contributed by atoms with Crippen LogP contribution in [0.15, 0.2) is 54.6 Å². The van der Waals surface area contributed by atoms with Crippen molar-refractivity contribution in [2.75, 3.05) is 19.6 Å². The highest BCUT2D eigenvalue weighted by molar-refractivity contribution is 5.94. The standard InChI is InChI=1S/C26H27N5O/c32-26(25-20-10-13-27-16-22(20)29-30-25)31-14-11-17(12-15-31)23-19-8-4-5-9-21(19)28-24(23)18-6-2-1-3-7-18/h1-9,17,27-28H,10-16H2,(H,29,30). The summed E-state index contributed by atoms with van der Waals surface area (Å²) in [6.45, 7) is 3.19. The Labute approximate surface area is 187 Å². The molecule has 1 fully saturated rings. The summed E-state index contributed by atoms with van der Waals surface area (Å²) in [4.78, 5) is 18.9. The number of fused-ring (bicyclic) bond motifs is 2. The van der Waals surface area contributed by atoms with Crippen molar-refractivity contribution in [1.82, 2.24) is 25.4 Å². The number of hydrogen-bond acceptors (Lipinski definition) is 3. The summed E-state index contributed by atoms with van der Waals surface area (Å²) in [6.07, 6.45) is 2.78. The van der Waals surface area contributed by atoms with Gasteiger partial charge >= 0.3 is 0 Å². The van der Waals surface area contributed by atoms with E-state index in [1.807, 2.05) is 4.90 Å². The number of nitrogens with zero attached hydrogens (tertiary/aromatic N) is 2. The minimum Gasteiger partial charge on any atom is -0.354 e. The number of aromatic amines is 2. The molecule has 4 aromatic rings. The monoisotopic (exact) mass is 425 g/mol. The van der Waals surface area contributed by atoms with Gasteiger partial charge in [-0.1, -0.05) is 48.5 Å². The molecule has 0 aliphatic carbocycles. The molecule has 0 saturated carbocycles. The zero-order valence-electron chi connectivity index (χ0n) is 18.0. The van der Waals surface area contributed by atoms with E-state index in [1.54, 1.807) is 0 Å². The van der Waals surface area contributed by atoms with E-state index in [-0.39, 0.29) is 5.91 Å². The van der Waals surface area contributed by atoms with Crippen LogP contribution in [0.2, 0.25) is 0 Å². The Bertz CT molecular complexity index is 1260. The number of piperidine rings is 1. The van der Waals surface area contributed by atoms with Crippen LogP contribution in [0, 0.1) is 0 Å². The average molecular weight is 426 g/mol. The van der Waals surface area contributed by atoms with Gasteiger partial charge in [0.15, 0.2) is 5.69 Å². The maximum Gasteiger partial charge on any atom is 0.274 e. The first kappa shape index (κ1) is 19.3. The third kappa shape index (κ3) is 3.22. The van der Waals surface area contributed by atoms with Gasteiger partial charge in [0, 0.05) is 41.8 Å². The molecule has 0 radical (unpaired) electrons. The molecule has 32 heavy (non-hydrogen) atoms. The van der Waals surface area contributed by atoms with Crippen molar-refractivity contribution in [3.05, 3.63) is 77.1 Å². The van der Waals surface area contributed by atoms with E-state index in [4.69, 9.17) is 0 Å². The third-order valence-corrected chi connectivity index (χ3v) is 7.01. The molecule has 6 heteroatoms. The molecular weight excluding hydrogens is 398 g/mol. The molecule has 1 saturated heterocycles. The van der Waals surface area contributed by atoms with E-state index in [2.05, 4.69) is 75.1 Å². The number of hydrogen-bond donors (Lipinski definition) is 3. The maximum absolute atomic E-state index is 13.2. The third-order valence-electron chi connectivity index (χ3n) is 7.01. The van der Waals surface area contributed by atoms with Gasteiger partial charge in [0.2, 0.25) is 0 Å². The van der Waals surface area contributed by atoms with Crippen LogP contribution in [-0.4, -0.2) is 45.6 Å². The van der Waals surface area contributed by atoms with Crippen molar-refractivity contribution < 1.29 is 4.79 Å². The molecular formula is C26H27N5O. The predicted molar refractivity (Wildman–Crippen MR) is 126 cm³/mol. The molecule has 3 N–H and O–H groups in total. The van der Waals surface area contributed by atoms with Crippen LogP contribution in [0.1, 0.15) is 46.1 Å². The minimum absolute atomic E-state index is 0.0741. The number of H-pyrrole nitrogens is 2. The number of para-hydroxylation sites is 1. The predicted octanol–water partition coefficient (Wildman–Crippen LogP) is 4.22. The molecule has 6 rings (SSSR count). The molecule has 6 nitrogen and oxygen atoms in total. The Morgan fingerprint density at radius 1 is 1.00 bits per heavy atom. The van der Waals surface area contributed by atoms with Crippen LogP contribution in [0.5, 0.6) is 0 Å². The van der Waals surface area contributed by atoms with E-state index in [1.165, 1.54) is 27.7 Å². The fraction of sp³-hybridized carbons (Fsp3) is 0.308. The van der Waals surface area contributed by atoms with Gasteiger partial charge in [-0.2, -0.15) is 5.10 Å². The average Bonchev–Trinajstić information content (AvgIpc) is 3.46. The fourth-order valence-corrected chi connectivity index (χ4v) is 5.36. The Balaban J connectivity index is 1.27. The molecule has 1 amide bonds. The van der Waals surface area contributed by atoms with Gasteiger partial charge in [-0.3, -0.25) is 9.89 Å². The number of carbonyl (C=O) groups is 1. The smallest absolute Gasteiger partial charge is 0.274 e. The summed E-state index contributed by atoms with van der Waals surface area (Å²) < 4.78 is 0. The molecule has 2 aliphatic heterocycles. The van der Waals surface area contributed by atoms with E-state index < -0.39 is 0 Å². The molecule has 162 valence electrons. The van der Waals surface area contributed by atoms with Crippen molar-refractivity contribution in [3.8, 4) is 11.3 Å². The van der Waals surface area contributed by atoms with Gasteiger partial charge in [-0.25, -0.2) is 0 Å². The zero-order chi connectivity index (χ0) is 21.5. The van der Waals surface area contributed by atoms with Crippen molar-refractivity contribution >= 4 is 16.8 Å². The highest BCUT2D eigenvalue weighted by Crippen LogP contribution is 2.40. The highest BCUT2D eigenvalue weighted by atomic mass is 16.2. The lowest BCUT2D eigenvalue weighted by molar-refractivity contribution is 0.0706. The van der Waals surface area contributed by atoms with Crippen molar-refractivity contribution in [2.45, 2.75) is 31.7 Å². The van der Waals surface area contributed by atoms with Crippen molar-refractivity contribution in [2.24, 2.45) is 0 Å². The summed E-state index contributed by atoms with van der Waals surface area (Å²) in [5.41, 5.74) is 7.77. The van der Waals surface area contributed by atoms with Gasteiger partial charge in [0.05, 0.1) is 5.69 Å². The van der Waals surface area contributed by atoms with Gasteiger partial charge in [-0.15, -0.1) is 0 Å². The SMILES string of the molecule is O=C(c1n[nH]c2c1CCNC2)N1CCC(c2c(-c3ccccc3)[nH]c3ccccc23)CC1. The van der Waals surface area contributed by atoms with Crippen LogP contribution in [0.25, 0.3) is 22.2 Å². The topological polar surface area (TPSA) is 76.8 Å². The molecule has 4 heterocycles. The second-order valence-corrected chi connectivity index (χ2v) is 8.85. The Kier molecular flexibility index (Phi) is 4.80. The summed E-state index contributed by atoms with van der Waals surface area (Å²) in [5.74, 6) is 0.493. The molecule has 2 aromatic carbocycles. The van der Waals surface area contributed by atoms with E-state index in [0.29, 0.717) is 11.6 Å². The summed E-state index contributed by atoms with van der Waals surface area (Å²) >= 11 is 0. The first-order valence-corrected chi connectivity index (χ1v) is 11.5.